The minimum Gasteiger partial charge on any atom is -0.460 e. The largest absolute Gasteiger partial charge is 0.460 e. The maximum atomic E-state index is 13.1. The molecule has 0 atom stereocenters. The summed E-state index contributed by atoms with van der Waals surface area (Å²) < 4.78 is 14.8. The Hall–Kier alpha value is -4.06. The highest BCUT2D eigenvalue weighted by atomic mass is 32.1. The van der Waals surface area contributed by atoms with Crippen LogP contribution in [0, 0.1) is 20.8 Å². The molecule has 0 fully saturated rings. The molecule has 0 saturated heterocycles. The van der Waals surface area contributed by atoms with Crippen molar-refractivity contribution in [2.45, 2.75) is 27.3 Å². The van der Waals surface area contributed by atoms with Gasteiger partial charge >= 0.3 is 11.7 Å². The molecule has 0 aliphatic heterocycles. The second-order valence-corrected chi connectivity index (χ2v) is 9.74. The molecule has 180 valence electrons. The molecule has 0 saturated carbocycles. The Labute approximate surface area is 202 Å². The quantitative estimate of drug-likeness (QED) is 0.341. The van der Waals surface area contributed by atoms with Gasteiger partial charge in [0.15, 0.2) is 11.2 Å². The molecule has 0 aliphatic rings. The summed E-state index contributed by atoms with van der Waals surface area (Å²) in [5.41, 5.74) is 2.24. The maximum absolute atomic E-state index is 13.1. The second-order valence-electron chi connectivity index (χ2n) is 8.28. The number of carbonyl (C=O) groups excluding carboxylic acids is 1. The van der Waals surface area contributed by atoms with Crippen molar-refractivity contribution in [1.29, 1.82) is 0 Å². The molecule has 5 aromatic heterocycles. The van der Waals surface area contributed by atoms with Crippen LogP contribution in [-0.2, 0) is 25.4 Å². The van der Waals surface area contributed by atoms with Crippen molar-refractivity contribution in [1.82, 2.24) is 28.8 Å². The molecule has 11 nitrogen and oxygen atoms in total. The molecule has 0 amide bonds. The van der Waals surface area contributed by atoms with Crippen molar-refractivity contribution >= 4 is 39.6 Å². The Morgan fingerprint density at radius 1 is 1.14 bits per heavy atom. The van der Waals surface area contributed by atoms with Gasteiger partial charge in [-0.15, -0.1) is 11.3 Å². The van der Waals surface area contributed by atoms with E-state index in [-0.39, 0.29) is 30.0 Å². The summed E-state index contributed by atoms with van der Waals surface area (Å²) in [5, 5.41) is 4.47. The highest BCUT2D eigenvalue weighted by Gasteiger charge is 2.22. The maximum Gasteiger partial charge on any atom is 0.339 e. The van der Waals surface area contributed by atoms with Gasteiger partial charge in [-0.1, -0.05) is 5.16 Å². The third-order valence-corrected chi connectivity index (χ3v) is 6.90. The summed E-state index contributed by atoms with van der Waals surface area (Å²) in [6, 6.07) is 3.71. The normalized spacial score (nSPS) is 11.6. The van der Waals surface area contributed by atoms with E-state index in [0.717, 1.165) is 19.9 Å². The minimum absolute atomic E-state index is 0.0175. The summed E-state index contributed by atoms with van der Waals surface area (Å²) in [4.78, 5) is 48.8. The summed E-state index contributed by atoms with van der Waals surface area (Å²) in [5.74, 6) is -0.556. The van der Waals surface area contributed by atoms with Crippen LogP contribution in [-0.4, -0.2) is 41.4 Å². The van der Waals surface area contributed by atoms with Crippen LogP contribution >= 0.6 is 11.3 Å². The molecule has 0 unspecified atom stereocenters. The van der Waals surface area contributed by atoms with Crippen molar-refractivity contribution in [3.05, 3.63) is 60.3 Å². The summed E-state index contributed by atoms with van der Waals surface area (Å²) in [6.07, 6.45) is 1.45. The lowest BCUT2D eigenvalue weighted by Gasteiger charge is -2.09. The van der Waals surface area contributed by atoms with Crippen molar-refractivity contribution in [3.8, 4) is 11.3 Å². The monoisotopic (exact) mass is 494 g/mol. The van der Waals surface area contributed by atoms with E-state index < -0.39 is 17.2 Å². The summed E-state index contributed by atoms with van der Waals surface area (Å²) in [6.45, 7) is 5.91. The average molecular weight is 495 g/mol. The highest BCUT2D eigenvalue weighted by Crippen LogP contribution is 2.33. The zero-order valence-electron chi connectivity index (χ0n) is 19.8. The number of ether oxygens (including phenoxy) is 1. The Morgan fingerprint density at radius 3 is 2.63 bits per heavy atom. The third-order valence-electron chi connectivity index (χ3n) is 5.94. The number of fused-ring (bicyclic) bond motifs is 2. The second kappa shape index (κ2) is 8.31. The van der Waals surface area contributed by atoms with Gasteiger partial charge in [0.05, 0.1) is 35.2 Å². The van der Waals surface area contributed by atoms with E-state index in [1.165, 1.54) is 17.9 Å². The van der Waals surface area contributed by atoms with E-state index in [2.05, 4.69) is 15.1 Å². The van der Waals surface area contributed by atoms with Crippen LogP contribution in [0.25, 0.3) is 33.5 Å². The molecule has 0 spiro atoms. The first-order valence-electron chi connectivity index (χ1n) is 10.8. The smallest absolute Gasteiger partial charge is 0.339 e. The van der Waals surface area contributed by atoms with E-state index in [9.17, 15) is 14.4 Å². The van der Waals surface area contributed by atoms with Crippen LogP contribution in [0.3, 0.4) is 0 Å². The topological polar surface area (TPSA) is 127 Å². The SMILES string of the molecule is Cc1cc(-c2cc(C(=O)OCCn3cnc4c3c(=O)n(C)c(=O)n4C)c3c(C)noc3n2)c(C)s1. The van der Waals surface area contributed by atoms with Gasteiger partial charge in [-0.2, -0.15) is 0 Å². The van der Waals surface area contributed by atoms with Crippen LogP contribution in [0.5, 0.6) is 0 Å². The number of esters is 1. The van der Waals surface area contributed by atoms with E-state index in [4.69, 9.17) is 9.26 Å². The van der Waals surface area contributed by atoms with E-state index in [1.807, 2.05) is 19.9 Å². The standard InChI is InChI=1S/C23H22N6O5S/c1-11-8-14(13(3)35-11)16-9-15(17-12(2)26-34-20(17)25-16)22(31)33-7-6-29-10-24-19-18(29)21(30)28(5)23(32)27(19)4/h8-10H,6-7H2,1-5H3. The third kappa shape index (κ3) is 3.66. The Balaban J connectivity index is 1.45. The van der Waals surface area contributed by atoms with Gasteiger partial charge in [0.1, 0.15) is 6.61 Å². The lowest BCUT2D eigenvalue weighted by molar-refractivity contribution is 0.0494. The number of carbonyl (C=O) groups is 1. The van der Waals surface area contributed by atoms with Gasteiger partial charge in [0.2, 0.25) is 0 Å². The molecule has 0 N–H and O–H groups in total. The molecule has 5 heterocycles. The molecule has 12 heteroatoms. The van der Waals surface area contributed by atoms with Gasteiger partial charge in [-0.3, -0.25) is 13.9 Å². The zero-order valence-corrected chi connectivity index (χ0v) is 20.6. The van der Waals surface area contributed by atoms with Crippen molar-refractivity contribution < 1.29 is 14.1 Å². The van der Waals surface area contributed by atoms with E-state index in [1.54, 1.807) is 35.9 Å². The Kier molecular flexibility index (Phi) is 5.39. The molecule has 35 heavy (non-hydrogen) atoms. The van der Waals surface area contributed by atoms with Gasteiger partial charge in [-0.25, -0.2) is 19.6 Å². The van der Waals surface area contributed by atoms with E-state index in [0.29, 0.717) is 22.3 Å². The fourth-order valence-electron chi connectivity index (χ4n) is 4.16. The number of hydrogen-bond donors (Lipinski definition) is 0. The van der Waals surface area contributed by atoms with Gasteiger partial charge in [0, 0.05) is 29.4 Å². The van der Waals surface area contributed by atoms with Gasteiger partial charge in [0.25, 0.3) is 11.3 Å². The number of imidazole rings is 1. The van der Waals surface area contributed by atoms with Crippen molar-refractivity contribution in [2.24, 2.45) is 14.1 Å². The van der Waals surface area contributed by atoms with E-state index >= 15 is 0 Å². The molecule has 0 bridgehead atoms. The molecule has 5 rings (SSSR count). The predicted molar refractivity (Wildman–Crippen MR) is 130 cm³/mol. The number of aromatic nitrogens is 6. The van der Waals surface area contributed by atoms with Crippen LogP contribution in [0.4, 0.5) is 0 Å². The predicted octanol–water partition coefficient (Wildman–Crippen LogP) is 2.48. The number of hydrogen-bond acceptors (Lipinski definition) is 9. The molecule has 0 radical (unpaired) electrons. The molecule has 0 aromatic carbocycles. The average Bonchev–Trinajstić information content (AvgIpc) is 3.52. The fraction of sp³-hybridized carbons (Fsp3) is 0.304. The highest BCUT2D eigenvalue weighted by molar-refractivity contribution is 7.12. The Bertz CT molecular complexity index is 1750. The Morgan fingerprint density at radius 2 is 1.91 bits per heavy atom. The number of aryl methyl sites for hydroxylation is 4. The van der Waals surface area contributed by atoms with Gasteiger partial charge in [-0.05, 0) is 32.9 Å². The molecular formula is C23H22N6O5S. The molecule has 5 aromatic rings. The molecule has 0 aliphatic carbocycles. The number of rotatable bonds is 5. The lowest BCUT2D eigenvalue weighted by Crippen LogP contribution is -2.37. The van der Waals surface area contributed by atoms with Crippen molar-refractivity contribution in [3.63, 3.8) is 0 Å². The van der Waals surface area contributed by atoms with Crippen LogP contribution < -0.4 is 11.2 Å². The van der Waals surface area contributed by atoms with Crippen molar-refractivity contribution in [2.75, 3.05) is 6.61 Å². The number of pyridine rings is 1. The van der Waals surface area contributed by atoms with Crippen LogP contribution in [0.15, 0.2) is 32.6 Å². The minimum atomic E-state index is -0.556. The first-order valence-corrected chi connectivity index (χ1v) is 11.6. The fourth-order valence-corrected chi connectivity index (χ4v) is 5.09. The number of nitrogens with zero attached hydrogens (tertiary/aromatic N) is 6. The lowest BCUT2D eigenvalue weighted by atomic mass is 10.1. The first kappa shape index (κ1) is 22.7. The summed E-state index contributed by atoms with van der Waals surface area (Å²) in [7, 11) is 2.96. The van der Waals surface area contributed by atoms with Crippen LogP contribution in [0.1, 0.15) is 25.8 Å². The van der Waals surface area contributed by atoms with Gasteiger partial charge < -0.3 is 13.8 Å². The number of thiophene rings is 1. The molecular weight excluding hydrogens is 472 g/mol. The zero-order chi connectivity index (χ0) is 25.0. The first-order chi connectivity index (χ1) is 16.7. The summed E-state index contributed by atoms with van der Waals surface area (Å²) >= 11 is 1.65. The van der Waals surface area contributed by atoms with Crippen LogP contribution in [0.2, 0.25) is 0 Å².